The second-order valence-corrected chi connectivity index (χ2v) is 6.76. The molecular weight excluding hydrogens is 244 g/mol. The Morgan fingerprint density at radius 2 is 1.95 bits per heavy atom. The lowest BCUT2D eigenvalue weighted by molar-refractivity contribution is -0.121. The van der Waals surface area contributed by atoms with Crippen LogP contribution < -0.4 is 0 Å². The lowest BCUT2D eigenvalue weighted by atomic mass is 9.76. The Balaban J connectivity index is 2.84. The normalized spacial score (nSPS) is 20.4. The van der Waals surface area contributed by atoms with E-state index in [4.69, 9.17) is 0 Å². The molecule has 2 unspecified atom stereocenters. The van der Waals surface area contributed by atoms with Gasteiger partial charge in [0.15, 0.2) is 0 Å². The minimum atomic E-state index is 0.158. The van der Waals surface area contributed by atoms with Gasteiger partial charge in [-0.05, 0) is 37.5 Å². The Kier molecular flexibility index (Phi) is 6.45. The molecule has 0 aromatic carbocycles. The van der Waals surface area contributed by atoms with Crippen LogP contribution in [0.15, 0.2) is 36.0 Å². The van der Waals surface area contributed by atoms with Crippen molar-refractivity contribution in [3.05, 3.63) is 36.0 Å². The van der Waals surface area contributed by atoms with Crippen LogP contribution in [0.5, 0.6) is 0 Å². The van der Waals surface area contributed by atoms with Crippen molar-refractivity contribution in [2.45, 2.75) is 60.3 Å². The van der Waals surface area contributed by atoms with Gasteiger partial charge in [0, 0.05) is 5.92 Å². The highest BCUT2D eigenvalue weighted by molar-refractivity contribution is 5.78. The average molecular weight is 274 g/mol. The van der Waals surface area contributed by atoms with Gasteiger partial charge in [0.25, 0.3) is 0 Å². The molecule has 0 aliphatic heterocycles. The number of allylic oxidation sites excluding steroid dienone is 6. The Morgan fingerprint density at radius 3 is 2.50 bits per heavy atom. The van der Waals surface area contributed by atoms with E-state index in [1.807, 2.05) is 0 Å². The smallest absolute Gasteiger partial charge is 0.133 e. The topological polar surface area (TPSA) is 17.1 Å². The molecule has 1 aliphatic rings. The van der Waals surface area contributed by atoms with Crippen molar-refractivity contribution in [2.24, 2.45) is 17.3 Å². The molecule has 1 rings (SSSR count). The number of hydrogen-bond donors (Lipinski definition) is 0. The number of hydrogen-bond acceptors (Lipinski definition) is 1. The molecule has 1 heteroatoms. The first-order chi connectivity index (χ1) is 9.39. The predicted octanol–water partition coefficient (Wildman–Crippen LogP) is 5.49. The van der Waals surface area contributed by atoms with Crippen LogP contribution in [0.25, 0.3) is 0 Å². The fourth-order valence-corrected chi connectivity index (χ4v) is 2.76. The van der Waals surface area contributed by atoms with Crippen LogP contribution in [-0.2, 0) is 4.79 Å². The van der Waals surface area contributed by atoms with Gasteiger partial charge >= 0.3 is 0 Å². The predicted molar refractivity (Wildman–Crippen MR) is 87.6 cm³/mol. The molecule has 0 fully saturated rings. The van der Waals surface area contributed by atoms with E-state index in [1.54, 1.807) is 6.92 Å². The molecule has 0 saturated carbocycles. The third-order valence-electron chi connectivity index (χ3n) is 4.61. The number of Topliss-reactive ketones (excluding diaryl/α,β-unsaturated/α-hetero) is 1. The first-order valence-corrected chi connectivity index (χ1v) is 7.94. The quantitative estimate of drug-likeness (QED) is 0.600. The first kappa shape index (κ1) is 16.9. The van der Waals surface area contributed by atoms with Gasteiger partial charge < -0.3 is 0 Å². The summed E-state index contributed by atoms with van der Waals surface area (Å²) in [4.78, 5) is 12.0. The van der Waals surface area contributed by atoms with Crippen LogP contribution in [0.2, 0.25) is 0 Å². The van der Waals surface area contributed by atoms with Crippen LogP contribution in [-0.4, -0.2) is 5.78 Å². The molecule has 20 heavy (non-hydrogen) atoms. The van der Waals surface area contributed by atoms with Crippen LogP contribution >= 0.6 is 0 Å². The summed E-state index contributed by atoms with van der Waals surface area (Å²) in [5, 5.41) is 0. The van der Waals surface area contributed by atoms with Gasteiger partial charge in [0.05, 0.1) is 0 Å². The first-order valence-electron chi connectivity index (χ1n) is 7.94. The van der Waals surface area contributed by atoms with Crippen molar-refractivity contribution in [1.29, 1.82) is 0 Å². The molecule has 2 atom stereocenters. The maximum Gasteiger partial charge on any atom is 0.133 e. The molecule has 0 bridgehead atoms. The molecule has 0 heterocycles. The van der Waals surface area contributed by atoms with Crippen molar-refractivity contribution >= 4 is 5.78 Å². The van der Waals surface area contributed by atoms with E-state index in [1.165, 1.54) is 5.57 Å². The summed E-state index contributed by atoms with van der Waals surface area (Å²) in [6.07, 6.45) is 14.9. The van der Waals surface area contributed by atoms with Crippen LogP contribution in [0, 0.1) is 17.3 Å². The van der Waals surface area contributed by atoms with Gasteiger partial charge in [-0.2, -0.15) is 0 Å². The molecular formula is C19H30O. The average Bonchev–Trinajstić information content (AvgIpc) is 2.62. The van der Waals surface area contributed by atoms with Gasteiger partial charge in [0.1, 0.15) is 5.78 Å². The van der Waals surface area contributed by atoms with E-state index in [0.717, 1.165) is 25.7 Å². The molecule has 112 valence electrons. The van der Waals surface area contributed by atoms with Gasteiger partial charge in [-0.3, -0.25) is 4.79 Å². The standard InChI is InChI=1S/C19H30O/c1-6-16-11-9-8-10-12-17(16)13-18(15(3)20)14-19(4,5)7-2/h8-12,16,18H,6-7,13-14H2,1-5H3. The van der Waals surface area contributed by atoms with Crippen LogP contribution in [0.3, 0.4) is 0 Å². The minimum absolute atomic E-state index is 0.158. The van der Waals surface area contributed by atoms with Gasteiger partial charge in [-0.15, -0.1) is 0 Å². The van der Waals surface area contributed by atoms with E-state index in [2.05, 4.69) is 58.1 Å². The second kappa shape index (κ2) is 7.61. The number of carbonyl (C=O) groups excluding carboxylic acids is 1. The Morgan fingerprint density at radius 1 is 1.25 bits per heavy atom. The molecule has 1 nitrogen and oxygen atoms in total. The van der Waals surface area contributed by atoms with E-state index in [0.29, 0.717) is 11.7 Å². The van der Waals surface area contributed by atoms with E-state index in [9.17, 15) is 4.79 Å². The zero-order valence-electron chi connectivity index (χ0n) is 13.8. The van der Waals surface area contributed by atoms with Crippen LogP contribution in [0.4, 0.5) is 0 Å². The summed E-state index contributed by atoms with van der Waals surface area (Å²) in [6.45, 7) is 10.7. The molecule has 0 N–H and O–H groups in total. The number of rotatable bonds is 7. The maximum atomic E-state index is 12.0. The summed E-state index contributed by atoms with van der Waals surface area (Å²) in [6, 6.07) is 0. The Bertz CT molecular complexity index is 409. The molecule has 0 spiro atoms. The highest BCUT2D eigenvalue weighted by atomic mass is 16.1. The SMILES string of the molecule is CCC1C=CC=CC=C1CC(CC(C)(C)CC)C(C)=O. The highest BCUT2D eigenvalue weighted by Gasteiger charge is 2.26. The molecule has 1 aliphatic carbocycles. The molecule has 0 saturated heterocycles. The largest absolute Gasteiger partial charge is 0.300 e. The minimum Gasteiger partial charge on any atom is -0.300 e. The van der Waals surface area contributed by atoms with E-state index < -0.39 is 0 Å². The lowest BCUT2D eigenvalue weighted by Gasteiger charge is -2.29. The number of ketones is 1. The van der Waals surface area contributed by atoms with Crippen molar-refractivity contribution in [2.75, 3.05) is 0 Å². The van der Waals surface area contributed by atoms with Gasteiger partial charge in [0.2, 0.25) is 0 Å². The monoisotopic (exact) mass is 274 g/mol. The van der Waals surface area contributed by atoms with Gasteiger partial charge in [-0.25, -0.2) is 0 Å². The Hall–Kier alpha value is -1.11. The van der Waals surface area contributed by atoms with Crippen LogP contribution in [0.1, 0.15) is 60.3 Å². The number of carbonyl (C=O) groups is 1. The molecule has 0 radical (unpaired) electrons. The third kappa shape index (κ3) is 5.11. The third-order valence-corrected chi connectivity index (χ3v) is 4.61. The summed E-state index contributed by atoms with van der Waals surface area (Å²) >= 11 is 0. The Labute approximate surface area is 124 Å². The van der Waals surface area contributed by atoms with Gasteiger partial charge in [-0.1, -0.05) is 70.1 Å². The fourth-order valence-electron chi connectivity index (χ4n) is 2.76. The second-order valence-electron chi connectivity index (χ2n) is 6.76. The molecule has 0 amide bonds. The van der Waals surface area contributed by atoms with Crippen molar-refractivity contribution in [3.8, 4) is 0 Å². The van der Waals surface area contributed by atoms with Crippen molar-refractivity contribution in [3.63, 3.8) is 0 Å². The highest BCUT2D eigenvalue weighted by Crippen LogP contribution is 2.34. The van der Waals surface area contributed by atoms with Crippen molar-refractivity contribution in [1.82, 2.24) is 0 Å². The van der Waals surface area contributed by atoms with E-state index in [-0.39, 0.29) is 11.3 Å². The zero-order chi connectivity index (χ0) is 15.2. The van der Waals surface area contributed by atoms with E-state index >= 15 is 0 Å². The fraction of sp³-hybridized carbons (Fsp3) is 0.632. The van der Waals surface area contributed by atoms with Crippen molar-refractivity contribution < 1.29 is 4.79 Å². The summed E-state index contributed by atoms with van der Waals surface area (Å²) in [5.74, 6) is 0.973. The molecule has 0 aromatic rings. The zero-order valence-corrected chi connectivity index (χ0v) is 13.8. The summed E-state index contributed by atoms with van der Waals surface area (Å²) < 4.78 is 0. The lowest BCUT2D eigenvalue weighted by Crippen LogP contribution is -2.22. The maximum absolute atomic E-state index is 12.0. The summed E-state index contributed by atoms with van der Waals surface area (Å²) in [7, 11) is 0. The summed E-state index contributed by atoms with van der Waals surface area (Å²) in [5.41, 5.74) is 1.65. The molecule has 0 aromatic heterocycles.